The fraction of sp³-hybridized carbons (Fsp3) is 0.192. The van der Waals surface area contributed by atoms with Gasteiger partial charge in [0.2, 0.25) is 5.91 Å². The molecule has 168 valence electrons. The molecule has 0 bridgehead atoms. The highest BCUT2D eigenvalue weighted by atomic mass is 35.5. The Morgan fingerprint density at radius 2 is 1.55 bits per heavy atom. The van der Waals surface area contributed by atoms with E-state index in [2.05, 4.69) is 5.32 Å². The summed E-state index contributed by atoms with van der Waals surface area (Å²) in [5, 5.41) is 4.01. The number of hydrogen-bond acceptors (Lipinski definition) is 3. The van der Waals surface area contributed by atoms with Crippen LogP contribution in [0.4, 0.5) is 5.69 Å². The van der Waals surface area contributed by atoms with Crippen molar-refractivity contribution in [3.05, 3.63) is 101 Å². The topological polar surface area (TPSA) is 52.7 Å². The highest BCUT2D eigenvalue weighted by Crippen LogP contribution is 2.24. The molecule has 1 saturated heterocycles. The maximum absolute atomic E-state index is 13.4. The summed E-state index contributed by atoms with van der Waals surface area (Å²) in [7, 11) is 0. The molecule has 7 heteroatoms. The molecule has 5 nitrogen and oxygen atoms in total. The minimum absolute atomic E-state index is 0.0276. The Kier molecular flexibility index (Phi) is 7.37. The van der Waals surface area contributed by atoms with Crippen molar-refractivity contribution >= 4 is 46.4 Å². The van der Waals surface area contributed by atoms with Crippen LogP contribution in [0.25, 0.3) is 0 Å². The highest BCUT2D eigenvalue weighted by Gasteiger charge is 2.43. The molecule has 1 aliphatic rings. The zero-order valence-electron chi connectivity index (χ0n) is 18.0. The molecule has 0 unspecified atom stereocenters. The van der Waals surface area contributed by atoms with Crippen molar-refractivity contribution in [2.45, 2.75) is 25.4 Å². The Balaban J connectivity index is 1.51. The Morgan fingerprint density at radius 3 is 2.21 bits per heavy atom. The molecule has 0 radical (unpaired) electrons. The Morgan fingerprint density at radius 1 is 0.909 bits per heavy atom. The second kappa shape index (κ2) is 10.6. The van der Waals surface area contributed by atoms with E-state index >= 15 is 0 Å². The van der Waals surface area contributed by atoms with Gasteiger partial charge in [-0.1, -0.05) is 72.3 Å². The van der Waals surface area contributed by atoms with Crippen molar-refractivity contribution in [1.82, 2.24) is 9.80 Å². The lowest BCUT2D eigenvalue weighted by molar-refractivity contribution is -0.131. The van der Waals surface area contributed by atoms with Crippen LogP contribution in [-0.2, 0) is 22.6 Å². The SMILES string of the molecule is O=C(C[C@@H]1C(=O)N(Cc2ccccc2)C(=S)N1CCc1ccc(Cl)cc1)Nc1ccccc1. The number of nitrogens with zero attached hydrogens (tertiary/aromatic N) is 2. The van der Waals surface area contributed by atoms with Gasteiger partial charge in [0, 0.05) is 17.3 Å². The summed E-state index contributed by atoms with van der Waals surface area (Å²) >= 11 is 11.7. The molecule has 1 heterocycles. The first-order chi connectivity index (χ1) is 16.0. The summed E-state index contributed by atoms with van der Waals surface area (Å²) in [4.78, 5) is 29.6. The molecule has 1 N–H and O–H groups in total. The third-order valence-electron chi connectivity index (χ3n) is 5.58. The number of carbonyl (C=O) groups excluding carboxylic acids is 2. The lowest BCUT2D eigenvalue weighted by Gasteiger charge is -2.24. The van der Waals surface area contributed by atoms with Crippen molar-refractivity contribution in [1.29, 1.82) is 0 Å². The van der Waals surface area contributed by atoms with Gasteiger partial charge in [0.15, 0.2) is 5.11 Å². The first-order valence-electron chi connectivity index (χ1n) is 10.8. The monoisotopic (exact) mass is 477 g/mol. The molecule has 0 aliphatic carbocycles. The molecular formula is C26H24ClN3O2S. The summed E-state index contributed by atoms with van der Waals surface area (Å²) in [6.07, 6.45) is 0.709. The number of nitrogens with one attached hydrogen (secondary N) is 1. The molecule has 0 aromatic heterocycles. The van der Waals surface area contributed by atoms with E-state index < -0.39 is 6.04 Å². The summed E-state index contributed by atoms with van der Waals surface area (Å²) in [5.74, 6) is -0.372. The van der Waals surface area contributed by atoms with E-state index in [0.29, 0.717) is 35.3 Å². The van der Waals surface area contributed by atoms with Gasteiger partial charge in [-0.25, -0.2) is 0 Å². The third-order valence-corrected chi connectivity index (χ3v) is 6.29. The van der Waals surface area contributed by atoms with Gasteiger partial charge in [0.25, 0.3) is 5.91 Å². The summed E-state index contributed by atoms with van der Waals surface area (Å²) in [6, 6.07) is 25.9. The van der Waals surface area contributed by atoms with Gasteiger partial charge in [-0.2, -0.15) is 0 Å². The van der Waals surface area contributed by atoms with Crippen LogP contribution in [0, 0.1) is 0 Å². The quantitative estimate of drug-likeness (QED) is 0.468. The zero-order valence-corrected chi connectivity index (χ0v) is 19.6. The summed E-state index contributed by atoms with van der Waals surface area (Å²) in [6.45, 7) is 0.910. The van der Waals surface area contributed by atoms with E-state index in [1.54, 1.807) is 4.90 Å². The number of thiocarbonyl (C=S) groups is 1. The lowest BCUT2D eigenvalue weighted by atomic mass is 10.1. The molecule has 4 rings (SSSR count). The van der Waals surface area contributed by atoms with Crippen molar-refractivity contribution in [3.8, 4) is 0 Å². The fourth-order valence-corrected chi connectivity index (χ4v) is 4.37. The van der Waals surface area contributed by atoms with Crippen molar-refractivity contribution in [2.75, 3.05) is 11.9 Å². The van der Waals surface area contributed by atoms with Gasteiger partial charge >= 0.3 is 0 Å². The number of rotatable bonds is 8. The van der Waals surface area contributed by atoms with Crippen LogP contribution in [0.1, 0.15) is 17.5 Å². The van der Waals surface area contributed by atoms with Crippen LogP contribution in [0.3, 0.4) is 0 Å². The predicted molar refractivity (Wildman–Crippen MR) is 135 cm³/mol. The molecule has 3 aromatic carbocycles. The molecule has 1 fully saturated rings. The molecule has 1 aliphatic heterocycles. The van der Waals surface area contributed by atoms with E-state index in [9.17, 15) is 9.59 Å². The molecule has 0 saturated carbocycles. The first kappa shape index (κ1) is 23.0. The van der Waals surface area contributed by atoms with Crippen LogP contribution in [-0.4, -0.2) is 39.3 Å². The van der Waals surface area contributed by atoms with Crippen molar-refractivity contribution < 1.29 is 9.59 Å². The zero-order chi connectivity index (χ0) is 23.2. The van der Waals surface area contributed by atoms with E-state index in [4.69, 9.17) is 23.8 Å². The number of amides is 2. The second-order valence-electron chi connectivity index (χ2n) is 7.90. The first-order valence-corrected chi connectivity index (χ1v) is 11.5. The third kappa shape index (κ3) is 5.78. The molecule has 3 aromatic rings. The summed E-state index contributed by atoms with van der Waals surface area (Å²) in [5.41, 5.74) is 2.77. The molecule has 1 atom stereocenters. The smallest absolute Gasteiger partial charge is 0.252 e. The van der Waals surface area contributed by atoms with Gasteiger partial charge in [0.1, 0.15) is 6.04 Å². The van der Waals surface area contributed by atoms with E-state index in [1.165, 1.54) is 0 Å². The number of anilines is 1. The molecule has 33 heavy (non-hydrogen) atoms. The average molecular weight is 478 g/mol. The number of para-hydroxylation sites is 1. The number of hydrogen-bond donors (Lipinski definition) is 1. The number of halogens is 1. The highest BCUT2D eigenvalue weighted by molar-refractivity contribution is 7.80. The van der Waals surface area contributed by atoms with Gasteiger partial charge in [-0.15, -0.1) is 0 Å². The minimum Gasteiger partial charge on any atom is -0.336 e. The number of benzene rings is 3. The Bertz CT molecular complexity index is 1120. The fourth-order valence-electron chi connectivity index (χ4n) is 3.87. The Labute approximate surface area is 204 Å². The molecular weight excluding hydrogens is 454 g/mol. The van der Waals surface area contributed by atoms with Crippen molar-refractivity contribution in [3.63, 3.8) is 0 Å². The van der Waals surface area contributed by atoms with Gasteiger partial charge in [-0.05, 0) is 54.0 Å². The lowest BCUT2D eigenvalue weighted by Crippen LogP contribution is -2.39. The van der Waals surface area contributed by atoms with E-state index in [-0.39, 0.29) is 18.2 Å². The second-order valence-corrected chi connectivity index (χ2v) is 8.70. The van der Waals surface area contributed by atoms with E-state index in [1.807, 2.05) is 89.8 Å². The van der Waals surface area contributed by atoms with Crippen LogP contribution < -0.4 is 5.32 Å². The van der Waals surface area contributed by atoms with Crippen LogP contribution >= 0.6 is 23.8 Å². The molecule has 2 amide bonds. The number of carbonyl (C=O) groups is 2. The van der Waals surface area contributed by atoms with Gasteiger partial charge < -0.3 is 10.2 Å². The molecule has 0 spiro atoms. The van der Waals surface area contributed by atoms with Crippen LogP contribution in [0.5, 0.6) is 0 Å². The summed E-state index contributed by atoms with van der Waals surface area (Å²) < 4.78 is 0. The van der Waals surface area contributed by atoms with Gasteiger partial charge in [-0.3, -0.25) is 14.5 Å². The average Bonchev–Trinajstić information content (AvgIpc) is 3.04. The largest absolute Gasteiger partial charge is 0.336 e. The van der Waals surface area contributed by atoms with Crippen LogP contribution in [0.15, 0.2) is 84.9 Å². The maximum atomic E-state index is 13.4. The van der Waals surface area contributed by atoms with Crippen molar-refractivity contribution in [2.24, 2.45) is 0 Å². The normalized spacial score (nSPS) is 15.7. The van der Waals surface area contributed by atoms with Gasteiger partial charge in [0.05, 0.1) is 13.0 Å². The minimum atomic E-state index is -0.641. The Hall–Kier alpha value is -3.22. The maximum Gasteiger partial charge on any atom is 0.252 e. The standard InChI is InChI=1S/C26H24ClN3O2S/c27-21-13-11-19(12-14-21)15-16-29-23(17-24(31)28-22-9-5-2-6-10-22)25(32)30(26(29)33)18-20-7-3-1-4-8-20/h1-14,23H,15-18H2,(H,28,31)/t23-/m1/s1. The van der Waals surface area contributed by atoms with E-state index in [0.717, 1.165) is 11.1 Å². The predicted octanol–water partition coefficient (Wildman–Crippen LogP) is 4.91. The van der Waals surface area contributed by atoms with Crippen LogP contribution in [0.2, 0.25) is 5.02 Å².